The predicted octanol–water partition coefficient (Wildman–Crippen LogP) is 3.20. The van der Waals surface area contributed by atoms with Gasteiger partial charge in [0.2, 0.25) is 5.88 Å². The molecule has 0 radical (unpaired) electrons. The molecule has 33 heavy (non-hydrogen) atoms. The summed E-state index contributed by atoms with van der Waals surface area (Å²) in [6.45, 7) is 2.35. The van der Waals surface area contributed by atoms with E-state index >= 15 is 0 Å². The van der Waals surface area contributed by atoms with E-state index in [4.69, 9.17) is 19.4 Å². The van der Waals surface area contributed by atoms with Crippen molar-refractivity contribution in [2.24, 2.45) is 5.92 Å². The minimum atomic E-state index is -5.08. The second-order valence-corrected chi connectivity index (χ2v) is 7.75. The van der Waals surface area contributed by atoms with E-state index in [2.05, 4.69) is 9.97 Å². The summed E-state index contributed by atoms with van der Waals surface area (Å²) in [7, 11) is 0. The number of halogens is 3. The van der Waals surface area contributed by atoms with Crippen LogP contribution in [0, 0.1) is 5.92 Å². The molecule has 0 aromatic carbocycles. The van der Waals surface area contributed by atoms with E-state index in [1.54, 1.807) is 24.7 Å². The second kappa shape index (κ2) is 10.6. The first-order chi connectivity index (χ1) is 15.7. The summed E-state index contributed by atoms with van der Waals surface area (Å²) in [6, 6.07) is 9.26. The normalized spacial score (nSPS) is 22.4. The van der Waals surface area contributed by atoms with Gasteiger partial charge >= 0.3 is 12.1 Å². The molecule has 2 atom stereocenters. The Kier molecular flexibility index (Phi) is 7.85. The standard InChI is InChI=1S/C20H23N3O3.C2HF3O2/c24-19(16-5-4-9-21-13-16)23-11-12-26-20(15-23)8-3-6-17(20)14-25-18-7-1-2-10-22-18;3-2(4,5)1(6)7/h1-2,4-5,7,9-10,13,17H,3,6,8,11-12,14-15H2;(H,6,7)/t17-,20+;/m0./s1. The van der Waals surface area contributed by atoms with E-state index in [1.165, 1.54) is 0 Å². The zero-order valence-corrected chi connectivity index (χ0v) is 17.7. The molecule has 178 valence electrons. The van der Waals surface area contributed by atoms with Crippen molar-refractivity contribution < 1.29 is 37.3 Å². The highest BCUT2D eigenvalue weighted by Crippen LogP contribution is 2.41. The van der Waals surface area contributed by atoms with Crippen LogP contribution >= 0.6 is 0 Å². The van der Waals surface area contributed by atoms with Crippen LogP contribution < -0.4 is 4.74 Å². The van der Waals surface area contributed by atoms with Crippen LogP contribution in [0.1, 0.15) is 29.6 Å². The number of carbonyl (C=O) groups excluding carboxylic acids is 1. The van der Waals surface area contributed by atoms with Crippen LogP contribution in [-0.2, 0) is 9.53 Å². The highest BCUT2D eigenvalue weighted by atomic mass is 19.4. The Morgan fingerprint density at radius 1 is 1.24 bits per heavy atom. The molecular formula is C22H24F3N3O5. The van der Waals surface area contributed by atoms with Gasteiger partial charge in [0.1, 0.15) is 0 Å². The van der Waals surface area contributed by atoms with Crippen molar-refractivity contribution in [2.45, 2.75) is 31.0 Å². The number of aliphatic carboxylic acids is 1. The van der Waals surface area contributed by atoms with Gasteiger partial charge in [-0.2, -0.15) is 13.2 Å². The molecule has 8 nitrogen and oxygen atoms in total. The minimum absolute atomic E-state index is 0.0251. The Labute approximate surface area is 188 Å². The summed E-state index contributed by atoms with van der Waals surface area (Å²) in [5.74, 6) is -1.84. The van der Waals surface area contributed by atoms with E-state index in [1.807, 2.05) is 29.2 Å². The van der Waals surface area contributed by atoms with E-state index in [0.717, 1.165) is 19.3 Å². The van der Waals surface area contributed by atoms with Gasteiger partial charge in [-0.25, -0.2) is 9.78 Å². The number of nitrogens with zero attached hydrogens (tertiary/aromatic N) is 3. The Morgan fingerprint density at radius 2 is 2.03 bits per heavy atom. The number of ether oxygens (including phenoxy) is 2. The van der Waals surface area contributed by atoms with Crippen molar-refractivity contribution in [3.63, 3.8) is 0 Å². The molecule has 1 amide bonds. The van der Waals surface area contributed by atoms with Gasteiger partial charge in [0.05, 0.1) is 30.9 Å². The maximum Gasteiger partial charge on any atom is 0.490 e. The predicted molar refractivity (Wildman–Crippen MR) is 110 cm³/mol. The van der Waals surface area contributed by atoms with E-state index in [9.17, 15) is 18.0 Å². The average Bonchev–Trinajstić information content (AvgIpc) is 3.19. The largest absolute Gasteiger partial charge is 0.490 e. The molecule has 1 aliphatic heterocycles. The summed E-state index contributed by atoms with van der Waals surface area (Å²) in [6.07, 6.45) is 3.04. The monoisotopic (exact) mass is 467 g/mol. The summed E-state index contributed by atoms with van der Waals surface area (Å²) in [4.78, 5) is 31.9. The highest BCUT2D eigenvalue weighted by molar-refractivity contribution is 5.94. The maximum absolute atomic E-state index is 12.8. The Morgan fingerprint density at radius 3 is 2.67 bits per heavy atom. The first-order valence-corrected chi connectivity index (χ1v) is 10.4. The Balaban J connectivity index is 0.000000383. The summed E-state index contributed by atoms with van der Waals surface area (Å²) in [5, 5.41) is 7.12. The van der Waals surface area contributed by atoms with Crippen LogP contribution in [0.5, 0.6) is 5.88 Å². The fraction of sp³-hybridized carbons (Fsp3) is 0.455. The first-order valence-electron chi connectivity index (χ1n) is 10.4. The van der Waals surface area contributed by atoms with E-state index < -0.39 is 12.1 Å². The van der Waals surface area contributed by atoms with Crippen molar-refractivity contribution in [3.05, 3.63) is 54.5 Å². The number of rotatable bonds is 4. The summed E-state index contributed by atoms with van der Waals surface area (Å²) in [5.41, 5.74) is 0.314. The molecular weight excluding hydrogens is 443 g/mol. The van der Waals surface area contributed by atoms with E-state index in [-0.39, 0.29) is 17.4 Å². The Hall–Kier alpha value is -3.21. The molecule has 1 saturated heterocycles. The fourth-order valence-electron chi connectivity index (χ4n) is 4.02. The first kappa shape index (κ1) is 24.4. The number of alkyl halides is 3. The maximum atomic E-state index is 12.8. The van der Waals surface area contributed by atoms with Crippen molar-refractivity contribution in [3.8, 4) is 5.88 Å². The van der Waals surface area contributed by atoms with Gasteiger partial charge in [-0.3, -0.25) is 9.78 Å². The van der Waals surface area contributed by atoms with Crippen LogP contribution in [-0.4, -0.2) is 69.9 Å². The summed E-state index contributed by atoms with van der Waals surface area (Å²) >= 11 is 0. The molecule has 0 bridgehead atoms. The lowest BCUT2D eigenvalue weighted by atomic mass is 9.89. The molecule has 2 aliphatic rings. The number of hydrogen-bond donors (Lipinski definition) is 1. The number of carboxylic acids is 1. The molecule has 1 spiro atoms. The van der Waals surface area contributed by atoms with Crippen LogP contribution in [0.4, 0.5) is 13.2 Å². The minimum Gasteiger partial charge on any atom is -0.477 e. The zero-order chi connectivity index (χ0) is 23.9. The van der Waals surface area contributed by atoms with Crippen molar-refractivity contribution in [2.75, 3.05) is 26.3 Å². The number of hydrogen-bond acceptors (Lipinski definition) is 6. The highest BCUT2D eigenvalue weighted by Gasteiger charge is 2.48. The topological polar surface area (TPSA) is 102 Å². The molecule has 1 N–H and O–H groups in total. The lowest BCUT2D eigenvalue weighted by Crippen LogP contribution is -2.56. The Bertz CT molecular complexity index is 930. The number of aromatic nitrogens is 2. The molecule has 11 heteroatoms. The zero-order valence-electron chi connectivity index (χ0n) is 17.7. The van der Waals surface area contributed by atoms with Crippen LogP contribution in [0.15, 0.2) is 48.9 Å². The van der Waals surface area contributed by atoms with Gasteiger partial charge < -0.3 is 19.5 Å². The van der Waals surface area contributed by atoms with Crippen molar-refractivity contribution >= 4 is 11.9 Å². The van der Waals surface area contributed by atoms with E-state index in [0.29, 0.717) is 37.7 Å². The third-order valence-electron chi connectivity index (χ3n) is 5.61. The molecule has 2 fully saturated rings. The number of carbonyl (C=O) groups is 2. The average molecular weight is 467 g/mol. The molecule has 0 unspecified atom stereocenters. The fourth-order valence-corrected chi connectivity index (χ4v) is 4.02. The van der Waals surface area contributed by atoms with Crippen LogP contribution in [0.25, 0.3) is 0 Å². The van der Waals surface area contributed by atoms with Gasteiger partial charge in [0.25, 0.3) is 5.91 Å². The third-order valence-corrected chi connectivity index (χ3v) is 5.61. The smallest absolute Gasteiger partial charge is 0.477 e. The molecule has 2 aromatic rings. The lowest BCUT2D eigenvalue weighted by Gasteiger charge is -2.44. The molecule has 3 heterocycles. The van der Waals surface area contributed by atoms with Crippen LogP contribution in [0.3, 0.4) is 0 Å². The number of carboxylic acid groups (broad SMARTS) is 1. The SMILES string of the molecule is O=C(O)C(F)(F)F.O=C(c1cccnc1)N1CCO[C@]2(CCC[C@H]2COc2ccccn2)C1. The van der Waals surface area contributed by atoms with Gasteiger partial charge in [0.15, 0.2) is 0 Å². The number of morpholine rings is 1. The van der Waals surface area contributed by atoms with Crippen molar-refractivity contribution in [1.82, 2.24) is 14.9 Å². The lowest BCUT2D eigenvalue weighted by molar-refractivity contribution is -0.192. The van der Waals surface area contributed by atoms with Gasteiger partial charge in [-0.15, -0.1) is 0 Å². The molecule has 4 rings (SSSR count). The van der Waals surface area contributed by atoms with Gasteiger partial charge in [-0.1, -0.05) is 6.07 Å². The van der Waals surface area contributed by atoms with Crippen molar-refractivity contribution in [1.29, 1.82) is 0 Å². The summed E-state index contributed by atoms with van der Waals surface area (Å²) < 4.78 is 43.9. The van der Waals surface area contributed by atoms with Gasteiger partial charge in [0, 0.05) is 37.1 Å². The second-order valence-electron chi connectivity index (χ2n) is 7.75. The molecule has 2 aromatic heterocycles. The van der Waals surface area contributed by atoms with Gasteiger partial charge in [-0.05, 0) is 37.5 Å². The third kappa shape index (κ3) is 6.41. The molecule has 1 aliphatic carbocycles. The molecule has 1 saturated carbocycles. The quantitative estimate of drug-likeness (QED) is 0.737. The van der Waals surface area contributed by atoms with Crippen LogP contribution in [0.2, 0.25) is 0 Å². The number of pyridine rings is 2. The number of amides is 1.